The molecule has 0 unspecified atom stereocenters. The van der Waals surface area contributed by atoms with Crippen molar-refractivity contribution in [2.75, 3.05) is 10.8 Å². The molecule has 112 valence electrons. The fourth-order valence-corrected chi connectivity index (χ4v) is 4.26. The Morgan fingerprint density at radius 2 is 2.14 bits per heavy atom. The molecule has 0 aliphatic carbocycles. The smallest absolute Gasteiger partial charge is 0.267 e. The zero-order chi connectivity index (χ0) is 15.2. The molecule has 21 heavy (non-hydrogen) atoms. The van der Waals surface area contributed by atoms with E-state index >= 15 is 0 Å². The first-order chi connectivity index (χ1) is 9.93. The molecule has 2 N–H and O–H groups in total. The molecule has 0 radical (unpaired) electrons. The predicted molar refractivity (Wildman–Crippen MR) is 76.0 cm³/mol. The van der Waals surface area contributed by atoms with E-state index in [1.54, 1.807) is 13.0 Å². The van der Waals surface area contributed by atoms with Gasteiger partial charge < -0.3 is 10.2 Å². The largest absolute Gasteiger partial charge is 0.464 e. The Hall–Kier alpha value is -1.86. The molecule has 5 nitrogen and oxygen atoms in total. The molecular formula is C14H15FN2O3S. The summed E-state index contributed by atoms with van der Waals surface area (Å²) in [5.41, 5.74) is 6.69. The summed E-state index contributed by atoms with van der Waals surface area (Å²) in [6.45, 7) is 2.00. The van der Waals surface area contributed by atoms with Gasteiger partial charge in [-0.3, -0.25) is 4.31 Å². The number of rotatable bonds is 3. The fraction of sp³-hybridized carbons (Fsp3) is 0.286. The monoisotopic (exact) mass is 310 g/mol. The van der Waals surface area contributed by atoms with Crippen molar-refractivity contribution >= 4 is 15.7 Å². The highest BCUT2D eigenvalue weighted by Crippen LogP contribution is 2.35. The van der Waals surface area contributed by atoms with Crippen LogP contribution in [0, 0.1) is 12.7 Å². The highest BCUT2D eigenvalue weighted by atomic mass is 32.2. The van der Waals surface area contributed by atoms with Crippen LogP contribution in [0.2, 0.25) is 0 Å². The summed E-state index contributed by atoms with van der Waals surface area (Å²) in [7, 11) is -3.77. The molecule has 7 heteroatoms. The molecule has 2 aromatic rings. The summed E-state index contributed by atoms with van der Waals surface area (Å²) in [6.07, 6.45) is 0.565. The Labute approximate surface area is 122 Å². The summed E-state index contributed by atoms with van der Waals surface area (Å²) >= 11 is 0. The maximum absolute atomic E-state index is 13.4. The Morgan fingerprint density at radius 3 is 2.81 bits per heavy atom. The zero-order valence-corrected chi connectivity index (χ0v) is 12.3. The van der Waals surface area contributed by atoms with Crippen molar-refractivity contribution in [3.05, 3.63) is 47.2 Å². The van der Waals surface area contributed by atoms with E-state index in [1.165, 1.54) is 22.5 Å². The van der Waals surface area contributed by atoms with Gasteiger partial charge in [-0.2, -0.15) is 0 Å². The molecule has 1 aromatic heterocycles. The zero-order valence-electron chi connectivity index (χ0n) is 11.5. The summed E-state index contributed by atoms with van der Waals surface area (Å²) in [5.74, 6) is 0.243. The lowest BCUT2D eigenvalue weighted by Gasteiger charge is -2.18. The van der Waals surface area contributed by atoms with Gasteiger partial charge in [-0.25, -0.2) is 12.8 Å². The molecule has 0 saturated heterocycles. The quantitative estimate of drug-likeness (QED) is 0.940. The van der Waals surface area contributed by atoms with Gasteiger partial charge in [-0.1, -0.05) is 6.07 Å². The molecule has 3 rings (SSSR count). The van der Waals surface area contributed by atoms with Gasteiger partial charge >= 0.3 is 0 Å². The molecule has 1 aromatic carbocycles. The minimum absolute atomic E-state index is 0.0834. The van der Waals surface area contributed by atoms with Crippen LogP contribution >= 0.6 is 0 Å². The number of nitrogens with two attached hydrogens (primary N) is 1. The number of furan rings is 1. The molecule has 0 atom stereocenters. The highest BCUT2D eigenvalue weighted by Gasteiger charge is 2.33. The van der Waals surface area contributed by atoms with E-state index in [4.69, 9.17) is 10.2 Å². The third-order valence-electron chi connectivity index (χ3n) is 3.59. The van der Waals surface area contributed by atoms with E-state index in [0.29, 0.717) is 30.2 Å². The number of hydrogen-bond acceptors (Lipinski definition) is 4. The van der Waals surface area contributed by atoms with E-state index < -0.39 is 15.8 Å². The van der Waals surface area contributed by atoms with E-state index in [-0.39, 0.29) is 11.4 Å². The lowest BCUT2D eigenvalue weighted by molar-refractivity contribution is 0.479. The minimum Gasteiger partial charge on any atom is -0.464 e. The van der Waals surface area contributed by atoms with Gasteiger partial charge in [-0.05, 0) is 31.0 Å². The molecule has 0 bridgehead atoms. The topological polar surface area (TPSA) is 76.5 Å². The van der Waals surface area contributed by atoms with Crippen molar-refractivity contribution in [2.24, 2.45) is 5.73 Å². The highest BCUT2D eigenvalue weighted by molar-refractivity contribution is 7.92. The van der Waals surface area contributed by atoms with Crippen LogP contribution < -0.4 is 10.0 Å². The average Bonchev–Trinajstić information content (AvgIpc) is 3.02. The normalized spacial score (nSPS) is 14.5. The lowest BCUT2D eigenvalue weighted by Crippen LogP contribution is -2.29. The third kappa shape index (κ3) is 2.22. The van der Waals surface area contributed by atoms with Crippen molar-refractivity contribution in [1.29, 1.82) is 0 Å². The van der Waals surface area contributed by atoms with Gasteiger partial charge in [0.05, 0.1) is 12.2 Å². The first-order valence-electron chi connectivity index (χ1n) is 6.54. The molecule has 1 aliphatic rings. The lowest BCUT2D eigenvalue weighted by atomic mass is 10.2. The van der Waals surface area contributed by atoms with E-state index in [2.05, 4.69) is 0 Å². The van der Waals surface area contributed by atoms with E-state index in [9.17, 15) is 12.8 Å². The summed E-state index contributed by atoms with van der Waals surface area (Å²) < 4.78 is 45.5. The standard InChI is InChI=1S/C14H15FN2O3S/c1-9-14(7-12(8-16)20-9)21(18,19)17-5-4-10-2-3-11(15)6-13(10)17/h2-3,6-7H,4-5,8,16H2,1H3. The first-order valence-corrected chi connectivity index (χ1v) is 7.98. The van der Waals surface area contributed by atoms with Gasteiger partial charge in [0, 0.05) is 12.6 Å². The third-order valence-corrected chi connectivity index (χ3v) is 5.51. The second-order valence-electron chi connectivity index (χ2n) is 4.94. The van der Waals surface area contributed by atoms with E-state index in [1.807, 2.05) is 0 Å². The van der Waals surface area contributed by atoms with Crippen LogP contribution in [0.3, 0.4) is 0 Å². The Morgan fingerprint density at radius 1 is 1.38 bits per heavy atom. The van der Waals surface area contributed by atoms with Crippen molar-refractivity contribution in [2.45, 2.75) is 24.8 Å². The van der Waals surface area contributed by atoms with Crippen LogP contribution in [-0.2, 0) is 23.0 Å². The van der Waals surface area contributed by atoms with Crippen molar-refractivity contribution in [1.82, 2.24) is 0 Å². The average molecular weight is 310 g/mol. The summed E-state index contributed by atoms with van der Waals surface area (Å²) in [4.78, 5) is 0.0834. The number of fused-ring (bicyclic) bond motifs is 1. The predicted octanol–water partition coefficient (Wildman–Crippen LogP) is 1.94. The minimum atomic E-state index is -3.77. The first kappa shape index (κ1) is 14.1. The second kappa shape index (κ2) is 4.85. The molecule has 0 fully saturated rings. The van der Waals surface area contributed by atoms with Crippen molar-refractivity contribution < 1.29 is 17.2 Å². The number of aryl methyl sites for hydroxylation is 1. The Kier molecular flexibility index (Phi) is 3.26. The fourth-order valence-electron chi connectivity index (χ4n) is 2.57. The van der Waals surface area contributed by atoms with Crippen molar-refractivity contribution in [3.63, 3.8) is 0 Å². The number of halogens is 1. The SMILES string of the molecule is Cc1oc(CN)cc1S(=O)(=O)N1CCc2ccc(F)cc21. The van der Waals surface area contributed by atoms with Crippen LogP contribution in [0.25, 0.3) is 0 Å². The number of nitrogens with zero attached hydrogens (tertiary/aromatic N) is 1. The second-order valence-corrected chi connectivity index (χ2v) is 6.77. The van der Waals surface area contributed by atoms with Crippen LogP contribution in [0.4, 0.5) is 10.1 Å². The van der Waals surface area contributed by atoms with Crippen molar-refractivity contribution in [3.8, 4) is 0 Å². The number of benzene rings is 1. The van der Waals surface area contributed by atoms with E-state index in [0.717, 1.165) is 5.56 Å². The van der Waals surface area contributed by atoms with Gasteiger partial charge in [0.2, 0.25) is 0 Å². The number of anilines is 1. The Balaban J connectivity index is 2.09. The molecule has 1 aliphatic heterocycles. The Bertz CT molecular complexity index is 799. The molecule has 2 heterocycles. The molecule has 0 amide bonds. The van der Waals surface area contributed by atoms with Crippen LogP contribution in [0.1, 0.15) is 17.1 Å². The molecular weight excluding hydrogens is 295 g/mol. The maximum Gasteiger partial charge on any atom is 0.267 e. The number of hydrogen-bond donors (Lipinski definition) is 1. The van der Waals surface area contributed by atoms with Gasteiger partial charge in [0.1, 0.15) is 22.2 Å². The van der Waals surface area contributed by atoms with Gasteiger partial charge in [-0.15, -0.1) is 0 Å². The maximum atomic E-state index is 13.4. The molecule has 0 spiro atoms. The van der Waals surface area contributed by atoms with Crippen LogP contribution in [0.5, 0.6) is 0 Å². The van der Waals surface area contributed by atoms with Gasteiger partial charge in [0.15, 0.2) is 0 Å². The summed E-state index contributed by atoms with van der Waals surface area (Å²) in [5, 5.41) is 0. The van der Waals surface area contributed by atoms with Crippen LogP contribution in [0.15, 0.2) is 33.6 Å². The van der Waals surface area contributed by atoms with Gasteiger partial charge in [0.25, 0.3) is 10.0 Å². The summed E-state index contributed by atoms with van der Waals surface area (Å²) in [6, 6.07) is 5.64. The van der Waals surface area contributed by atoms with Crippen LogP contribution in [-0.4, -0.2) is 15.0 Å². The molecule has 0 saturated carbocycles. The number of sulfonamides is 1.